The van der Waals surface area contributed by atoms with Gasteiger partial charge in [0.25, 0.3) is 0 Å². The van der Waals surface area contributed by atoms with Gasteiger partial charge in [0, 0.05) is 14.3 Å². The van der Waals surface area contributed by atoms with Gasteiger partial charge in [-0.1, -0.05) is 27.5 Å². The van der Waals surface area contributed by atoms with E-state index in [0.29, 0.717) is 5.15 Å². The van der Waals surface area contributed by atoms with E-state index in [2.05, 4.69) is 42.2 Å². The second-order valence-corrected chi connectivity index (χ2v) is 5.74. The van der Waals surface area contributed by atoms with Crippen molar-refractivity contribution in [3.63, 3.8) is 0 Å². The minimum Gasteiger partial charge on any atom is -0.331 e. The number of nitrogens with zero attached hydrogens (tertiary/aromatic N) is 1. The first kappa shape index (κ1) is 11.4. The zero-order valence-corrected chi connectivity index (χ0v) is 12.0. The maximum absolute atomic E-state index is 5.73. The highest BCUT2D eigenvalue weighted by Crippen LogP contribution is 2.30. The van der Waals surface area contributed by atoms with Gasteiger partial charge < -0.3 is 5.32 Å². The fraction of sp³-hybridized carbons (Fsp3) is 0. The monoisotopic (exact) mass is 366 g/mol. The summed E-state index contributed by atoms with van der Waals surface area (Å²) in [6.45, 7) is 0. The van der Waals surface area contributed by atoms with E-state index in [1.165, 1.54) is 11.3 Å². The van der Waals surface area contributed by atoms with Crippen LogP contribution in [0, 0.1) is 0 Å². The van der Waals surface area contributed by atoms with Crippen molar-refractivity contribution in [1.29, 1.82) is 0 Å². The third-order valence-electron chi connectivity index (χ3n) is 1.65. The lowest BCUT2D eigenvalue weighted by Gasteiger charge is -2.05. The molecule has 1 aromatic carbocycles. The van der Waals surface area contributed by atoms with Crippen LogP contribution in [0.1, 0.15) is 0 Å². The van der Waals surface area contributed by atoms with Crippen molar-refractivity contribution in [2.24, 2.45) is 0 Å². The fourth-order valence-electron chi connectivity index (χ4n) is 1.02. The summed E-state index contributed by atoms with van der Waals surface area (Å²) >= 11 is 14.1. The van der Waals surface area contributed by atoms with Gasteiger partial charge in [0.15, 0.2) is 5.13 Å². The molecule has 6 heteroatoms. The molecule has 0 amide bonds. The Kier molecular flexibility index (Phi) is 3.66. The molecule has 1 N–H and O–H groups in total. The molecule has 2 aromatic rings. The van der Waals surface area contributed by atoms with E-state index >= 15 is 0 Å². The van der Waals surface area contributed by atoms with Crippen LogP contribution in [0.4, 0.5) is 10.8 Å². The van der Waals surface area contributed by atoms with Crippen LogP contribution in [0.5, 0.6) is 0 Å². The average Bonchev–Trinajstić information content (AvgIpc) is 2.56. The summed E-state index contributed by atoms with van der Waals surface area (Å²) in [5.74, 6) is 0. The number of hydrogen-bond donors (Lipinski definition) is 1. The number of thiazole rings is 1. The van der Waals surface area contributed by atoms with Crippen LogP contribution >= 0.6 is 54.8 Å². The lowest BCUT2D eigenvalue weighted by Crippen LogP contribution is -1.90. The quantitative estimate of drug-likeness (QED) is 0.801. The minimum atomic E-state index is 0.510. The molecule has 0 aliphatic carbocycles. The van der Waals surface area contributed by atoms with Crippen molar-refractivity contribution in [2.75, 3.05) is 5.32 Å². The van der Waals surface area contributed by atoms with Crippen molar-refractivity contribution < 1.29 is 0 Å². The molecule has 0 saturated carbocycles. The van der Waals surface area contributed by atoms with Crippen LogP contribution in [0.25, 0.3) is 0 Å². The predicted octanol–water partition coefficient (Wildman–Crippen LogP) is 5.07. The molecule has 78 valence electrons. The van der Waals surface area contributed by atoms with E-state index in [1.807, 2.05) is 18.2 Å². The Morgan fingerprint density at radius 3 is 2.73 bits per heavy atom. The molecule has 0 aliphatic rings. The molecule has 0 aliphatic heterocycles. The molecular weight excluding hydrogens is 363 g/mol. The average molecular weight is 368 g/mol. The van der Waals surface area contributed by atoms with Crippen LogP contribution in [0.15, 0.2) is 32.5 Å². The van der Waals surface area contributed by atoms with Gasteiger partial charge in [0.2, 0.25) is 0 Å². The SMILES string of the molecule is Clc1csc(Nc2ccc(Br)cc2Br)n1. The third kappa shape index (κ3) is 2.93. The molecule has 0 radical (unpaired) electrons. The molecule has 15 heavy (non-hydrogen) atoms. The number of hydrogen-bond acceptors (Lipinski definition) is 3. The number of rotatable bonds is 2. The van der Waals surface area contributed by atoms with Crippen LogP contribution in [-0.4, -0.2) is 4.98 Å². The molecule has 0 fully saturated rings. The topological polar surface area (TPSA) is 24.9 Å². The van der Waals surface area contributed by atoms with E-state index in [0.717, 1.165) is 19.8 Å². The molecule has 0 bridgehead atoms. The maximum Gasteiger partial charge on any atom is 0.188 e. The largest absolute Gasteiger partial charge is 0.331 e. The number of benzene rings is 1. The van der Waals surface area contributed by atoms with Crippen LogP contribution in [-0.2, 0) is 0 Å². The lowest BCUT2D eigenvalue weighted by molar-refractivity contribution is 1.38. The van der Waals surface area contributed by atoms with E-state index in [4.69, 9.17) is 11.6 Å². The zero-order chi connectivity index (χ0) is 10.8. The van der Waals surface area contributed by atoms with Gasteiger partial charge in [-0.3, -0.25) is 0 Å². The van der Waals surface area contributed by atoms with E-state index in [-0.39, 0.29) is 0 Å². The zero-order valence-electron chi connectivity index (χ0n) is 7.30. The van der Waals surface area contributed by atoms with Crippen LogP contribution < -0.4 is 5.32 Å². The summed E-state index contributed by atoms with van der Waals surface area (Å²) in [6, 6.07) is 5.89. The van der Waals surface area contributed by atoms with Crippen molar-refractivity contribution in [1.82, 2.24) is 4.98 Å². The second kappa shape index (κ2) is 4.82. The van der Waals surface area contributed by atoms with Crippen molar-refractivity contribution in [3.8, 4) is 0 Å². The number of halogens is 3. The van der Waals surface area contributed by atoms with Crippen LogP contribution in [0.2, 0.25) is 5.15 Å². The summed E-state index contributed by atoms with van der Waals surface area (Å²) in [6.07, 6.45) is 0. The Hall–Kier alpha value is -0.100. The minimum absolute atomic E-state index is 0.510. The fourth-order valence-corrected chi connectivity index (χ4v) is 3.01. The lowest BCUT2D eigenvalue weighted by atomic mass is 10.3. The number of nitrogens with one attached hydrogen (secondary N) is 1. The second-order valence-electron chi connectivity index (χ2n) is 2.72. The summed E-state index contributed by atoms with van der Waals surface area (Å²) in [5, 5.41) is 6.25. The predicted molar refractivity (Wildman–Crippen MR) is 72.2 cm³/mol. The molecule has 2 rings (SSSR count). The van der Waals surface area contributed by atoms with Gasteiger partial charge in [-0.05, 0) is 34.1 Å². The molecule has 0 saturated heterocycles. The van der Waals surface area contributed by atoms with Crippen molar-refractivity contribution >= 4 is 65.6 Å². The Morgan fingerprint density at radius 1 is 1.33 bits per heavy atom. The van der Waals surface area contributed by atoms with E-state index in [1.54, 1.807) is 5.38 Å². The summed E-state index contributed by atoms with van der Waals surface area (Å²) < 4.78 is 2.00. The number of anilines is 2. The van der Waals surface area contributed by atoms with Crippen molar-refractivity contribution in [3.05, 3.63) is 37.7 Å². The summed E-state index contributed by atoms with van der Waals surface area (Å²) in [5.41, 5.74) is 0.962. The molecular formula is C9H5Br2ClN2S. The molecule has 1 aromatic heterocycles. The summed E-state index contributed by atoms with van der Waals surface area (Å²) in [7, 11) is 0. The van der Waals surface area contributed by atoms with Gasteiger partial charge in [-0.15, -0.1) is 11.3 Å². The molecule has 2 nitrogen and oxygen atoms in total. The Bertz CT molecular complexity index is 487. The Balaban J connectivity index is 2.24. The van der Waals surface area contributed by atoms with E-state index in [9.17, 15) is 0 Å². The Labute approximate surface area is 113 Å². The van der Waals surface area contributed by atoms with Gasteiger partial charge in [0.1, 0.15) is 5.15 Å². The summed E-state index contributed by atoms with van der Waals surface area (Å²) in [4.78, 5) is 4.11. The normalized spacial score (nSPS) is 10.3. The smallest absolute Gasteiger partial charge is 0.188 e. The number of aromatic nitrogens is 1. The van der Waals surface area contributed by atoms with Gasteiger partial charge in [-0.25, -0.2) is 4.98 Å². The third-order valence-corrected chi connectivity index (χ3v) is 3.88. The van der Waals surface area contributed by atoms with Gasteiger partial charge in [0.05, 0.1) is 5.69 Å². The van der Waals surface area contributed by atoms with Crippen LogP contribution in [0.3, 0.4) is 0 Å². The van der Waals surface area contributed by atoms with Gasteiger partial charge in [-0.2, -0.15) is 0 Å². The first-order chi connectivity index (χ1) is 7.15. The first-order valence-corrected chi connectivity index (χ1v) is 6.82. The standard InChI is InChI=1S/C9H5Br2ClN2S/c10-5-1-2-7(6(11)3-5)13-9-14-8(12)4-15-9/h1-4H,(H,13,14). The highest BCUT2D eigenvalue weighted by atomic mass is 79.9. The molecule has 1 heterocycles. The highest BCUT2D eigenvalue weighted by Gasteiger charge is 2.03. The van der Waals surface area contributed by atoms with Gasteiger partial charge >= 0.3 is 0 Å². The molecule has 0 unspecified atom stereocenters. The first-order valence-electron chi connectivity index (χ1n) is 3.98. The maximum atomic E-state index is 5.73. The highest BCUT2D eigenvalue weighted by molar-refractivity contribution is 9.11. The van der Waals surface area contributed by atoms with E-state index < -0.39 is 0 Å². The Morgan fingerprint density at radius 2 is 2.13 bits per heavy atom. The molecule has 0 spiro atoms. The van der Waals surface area contributed by atoms with Crippen molar-refractivity contribution in [2.45, 2.75) is 0 Å². The molecule has 0 atom stereocenters.